The Hall–Kier alpha value is -2.14. The van der Waals surface area contributed by atoms with Gasteiger partial charge in [-0.15, -0.1) is 0 Å². The summed E-state index contributed by atoms with van der Waals surface area (Å²) in [4.78, 5) is 2.35. The molecule has 0 saturated carbocycles. The molecule has 0 aromatic heterocycles. The number of aliphatic hydroxyl groups is 2. The molecule has 0 spiro atoms. The van der Waals surface area contributed by atoms with Crippen molar-refractivity contribution in [1.29, 1.82) is 0 Å². The molecule has 1 aliphatic heterocycles. The molecule has 4 heteroatoms. The van der Waals surface area contributed by atoms with Crippen LogP contribution in [0.25, 0.3) is 5.57 Å². The van der Waals surface area contributed by atoms with Gasteiger partial charge in [0.05, 0.1) is 0 Å². The zero-order valence-corrected chi connectivity index (χ0v) is 17.3. The molecule has 4 nitrogen and oxygen atoms in total. The summed E-state index contributed by atoms with van der Waals surface area (Å²) in [5, 5.41) is 18.7. The van der Waals surface area contributed by atoms with E-state index in [1.807, 2.05) is 24.3 Å². The van der Waals surface area contributed by atoms with Gasteiger partial charge in [-0.1, -0.05) is 36.4 Å². The first-order valence-corrected chi connectivity index (χ1v) is 9.87. The van der Waals surface area contributed by atoms with Crippen molar-refractivity contribution in [3.8, 4) is 5.75 Å². The van der Waals surface area contributed by atoms with Gasteiger partial charge in [-0.25, -0.2) is 0 Å². The molecule has 2 aromatic rings. The first kappa shape index (κ1) is 20.6. The lowest BCUT2D eigenvalue weighted by Crippen LogP contribution is -2.38. The Balaban J connectivity index is 2.00. The van der Waals surface area contributed by atoms with Crippen LogP contribution in [0.5, 0.6) is 5.75 Å². The van der Waals surface area contributed by atoms with Crippen molar-refractivity contribution in [2.24, 2.45) is 0 Å². The van der Waals surface area contributed by atoms with Gasteiger partial charge >= 0.3 is 0 Å². The van der Waals surface area contributed by atoms with Crippen molar-refractivity contribution in [1.82, 2.24) is 4.90 Å². The van der Waals surface area contributed by atoms with Gasteiger partial charge in [0.1, 0.15) is 12.4 Å². The third-order valence-electron chi connectivity index (χ3n) is 5.40. The highest BCUT2D eigenvalue weighted by Gasteiger charge is 2.20. The van der Waals surface area contributed by atoms with Crippen LogP contribution in [-0.2, 0) is 13.0 Å². The van der Waals surface area contributed by atoms with Crippen molar-refractivity contribution in [2.45, 2.75) is 52.0 Å². The van der Waals surface area contributed by atoms with E-state index in [2.05, 4.69) is 57.0 Å². The normalized spacial score (nSPS) is 15.4. The minimum absolute atomic E-state index is 0.130. The number of aliphatic hydroxyl groups excluding tert-OH is 1. The molecule has 0 radical (unpaired) electrons. The molecule has 0 unspecified atom stereocenters. The minimum atomic E-state index is -1.36. The summed E-state index contributed by atoms with van der Waals surface area (Å²) in [7, 11) is 2.15. The second-order valence-corrected chi connectivity index (χ2v) is 8.46. The lowest BCUT2D eigenvalue weighted by molar-refractivity contribution is -0.0381. The van der Waals surface area contributed by atoms with Crippen molar-refractivity contribution in [3.63, 3.8) is 0 Å². The van der Waals surface area contributed by atoms with Crippen LogP contribution in [0.15, 0.2) is 48.5 Å². The molecule has 0 saturated heterocycles. The molecule has 0 bridgehead atoms. The maximum absolute atomic E-state index is 9.37. The van der Waals surface area contributed by atoms with Crippen LogP contribution in [0.2, 0.25) is 0 Å². The summed E-state index contributed by atoms with van der Waals surface area (Å²) in [5.41, 5.74) is 5.53. The topological polar surface area (TPSA) is 52.9 Å². The molecule has 0 aliphatic carbocycles. The van der Waals surface area contributed by atoms with E-state index in [9.17, 15) is 10.2 Å². The molecule has 3 rings (SSSR count). The molecule has 0 atom stereocenters. The van der Waals surface area contributed by atoms with Crippen LogP contribution < -0.4 is 4.74 Å². The summed E-state index contributed by atoms with van der Waals surface area (Å²) < 4.78 is 6.07. The van der Waals surface area contributed by atoms with E-state index in [1.54, 1.807) is 0 Å². The summed E-state index contributed by atoms with van der Waals surface area (Å²) >= 11 is 0. The fraction of sp³-hybridized carbons (Fsp3) is 0.417. The van der Waals surface area contributed by atoms with Crippen LogP contribution in [0.3, 0.4) is 0 Å². The summed E-state index contributed by atoms with van der Waals surface area (Å²) in [5.74, 6) is 0.836. The van der Waals surface area contributed by atoms with Crippen LogP contribution in [0, 0.1) is 0 Å². The van der Waals surface area contributed by atoms with E-state index in [0.717, 1.165) is 41.0 Å². The number of ether oxygens (including phenoxy) is 1. The van der Waals surface area contributed by atoms with E-state index in [4.69, 9.17) is 4.74 Å². The second-order valence-electron chi connectivity index (χ2n) is 8.46. The van der Waals surface area contributed by atoms with Gasteiger partial charge in [0.15, 0.2) is 6.29 Å². The van der Waals surface area contributed by atoms with Gasteiger partial charge < -0.3 is 19.8 Å². The standard InChI is InChI=1S/C24H31NO3/c1-24(2,3)25(4)13-7-10-20-19-9-6-5-8-18(19)16-28-22-12-11-17(14-21(20)22)15-23(26)27/h5-6,8-12,14,23,26-27H,7,13,15-16H2,1-4H3/b20-10-. The van der Waals surface area contributed by atoms with Gasteiger partial charge in [-0.05, 0) is 68.6 Å². The van der Waals surface area contributed by atoms with Crippen LogP contribution in [-0.4, -0.2) is 40.5 Å². The zero-order chi connectivity index (χ0) is 20.3. The Morgan fingerprint density at radius 2 is 1.86 bits per heavy atom. The van der Waals surface area contributed by atoms with Gasteiger partial charge in [0.2, 0.25) is 0 Å². The molecular weight excluding hydrogens is 350 g/mol. The van der Waals surface area contributed by atoms with E-state index >= 15 is 0 Å². The fourth-order valence-corrected chi connectivity index (χ4v) is 3.42. The fourth-order valence-electron chi connectivity index (χ4n) is 3.42. The molecule has 1 heterocycles. The highest BCUT2D eigenvalue weighted by atomic mass is 16.5. The number of rotatable bonds is 5. The van der Waals surface area contributed by atoms with E-state index in [1.165, 1.54) is 5.56 Å². The van der Waals surface area contributed by atoms with E-state index in [0.29, 0.717) is 6.61 Å². The molecule has 2 aromatic carbocycles. The Morgan fingerprint density at radius 1 is 1.11 bits per heavy atom. The number of hydrogen-bond donors (Lipinski definition) is 2. The third-order valence-corrected chi connectivity index (χ3v) is 5.40. The predicted molar refractivity (Wildman–Crippen MR) is 113 cm³/mol. The largest absolute Gasteiger partial charge is 0.488 e. The van der Waals surface area contributed by atoms with E-state index in [-0.39, 0.29) is 12.0 Å². The maximum atomic E-state index is 9.37. The van der Waals surface area contributed by atoms with Crippen LogP contribution in [0.1, 0.15) is 49.4 Å². The average molecular weight is 382 g/mol. The monoisotopic (exact) mass is 381 g/mol. The highest BCUT2D eigenvalue weighted by Crippen LogP contribution is 2.37. The Labute approximate surface area is 168 Å². The number of fused-ring (bicyclic) bond motifs is 2. The number of benzene rings is 2. The highest BCUT2D eigenvalue weighted by molar-refractivity contribution is 5.85. The quantitative estimate of drug-likeness (QED) is 0.769. The minimum Gasteiger partial charge on any atom is -0.488 e. The SMILES string of the molecule is CN(CC/C=C1/c2ccccc2COc2ccc(CC(O)O)cc21)C(C)(C)C. The zero-order valence-electron chi connectivity index (χ0n) is 17.3. The molecule has 2 N–H and O–H groups in total. The van der Waals surface area contributed by atoms with Gasteiger partial charge in [-0.3, -0.25) is 0 Å². The van der Waals surface area contributed by atoms with Crippen molar-refractivity contribution in [2.75, 3.05) is 13.6 Å². The Morgan fingerprint density at radius 3 is 2.57 bits per heavy atom. The van der Waals surface area contributed by atoms with Crippen molar-refractivity contribution in [3.05, 3.63) is 70.8 Å². The Kier molecular flexibility index (Phi) is 6.23. The van der Waals surface area contributed by atoms with Crippen molar-refractivity contribution >= 4 is 5.57 Å². The smallest absolute Gasteiger partial charge is 0.155 e. The maximum Gasteiger partial charge on any atom is 0.155 e. The Bertz CT molecular complexity index is 849. The molecular formula is C24H31NO3. The lowest BCUT2D eigenvalue weighted by atomic mass is 9.92. The first-order valence-electron chi connectivity index (χ1n) is 9.87. The van der Waals surface area contributed by atoms with E-state index < -0.39 is 6.29 Å². The van der Waals surface area contributed by atoms with Gasteiger partial charge in [0.25, 0.3) is 0 Å². The third kappa shape index (κ3) is 4.82. The second kappa shape index (κ2) is 8.48. The summed E-state index contributed by atoms with van der Waals surface area (Å²) in [6.45, 7) is 8.15. The number of hydrogen-bond acceptors (Lipinski definition) is 4. The molecule has 1 aliphatic rings. The summed E-state index contributed by atoms with van der Waals surface area (Å²) in [6, 6.07) is 14.2. The molecule has 28 heavy (non-hydrogen) atoms. The van der Waals surface area contributed by atoms with Crippen LogP contribution in [0.4, 0.5) is 0 Å². The predicted octanol–water partition coefficient (Wildman–Crippen LogP) is 3.98. The average Bonchev–Trinajstić information content (AvgIpc) is 2.78. The molecule has 0 fully saturated rings. The molecule has 0 amide bonds. The number of nitrogens with zero attached hydrogens (tertiary/aromatic N) is 1. The van der Waals surface area contributed by atoms with Crippen molar-refractivity contribution < 1.29 is 14.9 Å². The molecule has 150 valence electrons. The van der Waals surface area contributed by atoms with Gasteiger partial charge in [-0.2, -0.15) is 0 Å². The first-order chi connectivity index (χ1) is 13.3. The van der Waals surface area contributed by atoms with Gasteiger partial charge in [0, 0.05) is 24.1 Å². The lowest BCUT2D eigenvalue weighted by Gasteiger charge is -2.31. The summed E-state index contributed by atoms with van der Waals surface area (Å²) in [6.07, 6.45) is 2.05. The van der Waals surface area contributed by atoms with Crippen LogP contribution >= 0.6 is 0 Å².